The van der Waals surface area contributed by atoms with E-state index in [2.05, 4.69) is 15.8 Å². The Bertz CT molecular complexity index is 1090. The lowest BCUT2D eigenvalue weighted by Gasteiger charge is -2.08. The first kappa shape index (κ1) is 21.1. The molecule has 0 saturated carbocycles. The quantitative estimate of drug-likeness (QED) is 0.445. The number of anilines is 1. The smallest absolute Gasteiger partial charge is 0.271 e. The number of carbonyl (C=O) groups is 2. The average molecular weight is 422 g/mol. The molecular weight excluding hydrogens is 402 g/mol. The molecule has 0 saturated heterocycles. The van der Waals surface area contributed by atoms with Crippen molar-refractivity contribution >= 4 is 34.8 Å². The fraction of sp³-hybridized carbons (Fsp3) is 0.0870. The molecule has 6 nitrogen and oxygen atoms in total. The number of ether oxygens (including phenoxy) is 1. The molecule has 0 spiro atoms. The molecule has 3 aromatic carbocycles. The van der Waals surface area contributed by atoms with Crippen molar-refractivity contribution in [1.82, 2.24) is 5.43 Å². The Balaban J connectivity index is 1.68. The molecule has 0 bridgehead atoms. The maximum absolute atomic E-state index is 12.4. The van der Waals surface area contributed by atoms with E-state index in [4.69, 9.17) is 16.3 Å². The van der Waals surface area contributed by atoms with Gasteiger partial charge in [-0.25, -0.2) is 5.43 Å². The molecule has 0 heterocycles. The van der Waals surface area contributed by atoms with Gasteiger partial charge >= 0.3 is 0 Å². The van der Waals surface area contributed by atoms with Crippen LogP contribution in [-0.4, -0.2) is 24.6 Å². The Morgan fingerprint density at radius 2 is 1.57 bits per heavy atom. The van der Waals surface area contributed by atoms with Gasteiger partial charge in [-0.3, -0.25) is 9.59 Å². The summed E-state index contributed by atoms with van der Waals surface area (Å²) in [5.41, 5.74) is 5.40. The van der Waals surface area contributed by atoms with E-state index in [0.29, 0.717) is 33.3 Å². The van der Waals surface area contributed by atoms with Gasteiger partial charge in [0.05, 0.1) is 12.8 Å². The van der Waals surface area contributed by atoms with Crippen molar-refractivity contribution < 1.29 is 14.3 Å². The zero-order chi connectivity index (χ0) is 21.5. The molecule has 3 aromatic rings. The predicted octanol–water partition coefficient (Wildman–Crippen LogP) is 4.75. The summed E-state index contributed by atoms with van der Waals surface area (Å²) in [6.45, 7) is 1.77. The van der Waals surface area contributed by atoms with Crippen LogP contribution in [0.2, 0.25) is 5.02 Å². The summed E-state index contributed by atoms with van der Waals surface area (Å²) < 4.78 is 5.10. The zero-order valence-electron chi connectivity index (χ0n) is 16.5. The number of hydrogen-bond donors (Lipinski definition) is 2. The topological polar surface area (TPSA) is 79.8 Å². The van der Waals surface area contributed by atoms with Crippen LogP contribution in [0.5, 0.6) is 5.75 Å². The van der Waals surface area contributed by atoms with Crippen LogP contribution in [0.3, 0.4) is 0 Å². The average Bonchev–Trinajstić information content (AvgIpc) is 2.77. The van der Waals surface area contributed by atoms with E-state index in [0.717, 1.165) is 5.56 Å². The Morgan fingerprint density at radius 3 is 2.27 bits per heavy atom. The Labute approximate surface area is 179 Å². The third-order valence-corrected chi connectivity index (χ3v) is 4.54. The molecule has 3 rings (SSSR count). The van der Waals surface area contributed by atoms with Crippen LogP contribution in [0, 0.1) is 0 Å². The minimum Gasteiger partial charge on any atom is -0.497 e. The maximum atomic E-state index is 12.4. The summed E-state index contributed by atoms with van der Waals surface area (Å²) in [6, 6.07) is 20.7. The minimum absolute atomic E-state index is 0.237. The van der Waals surface area contributed by atoms with E-state index >= 15 is 0 Å². The summed E-state index contributed by atoms with van der Waals surface area (Å²) in [5.74, 6) is 0.0830. The largest absolute Gasteiger partial charge is 0.497 e. The fourth-order valence-corrected chi connectivity index (χ4v) is 2.85. The SMILES string of the molecule is COc1ccc(C(=O)Nc2cccc(/C(C)=N\NC(=O)c3cccc(Cl)c3)c2)cc1. The Kier molecular flexibility index (Phi) is 6.83. The standard InChI is InChI=1S/C23H20ClN3O3/c1-15(26-27-23(29)18-6-3-7-19(24)13-18)17-5-4-8-20(14-17)25-22(28)16-9-11-21(30-2)12-10-16/h3-14H,1-2H3,(H,25,28)(H,27,29)/b26-15-. The molecule has 0 radical (unpaired) electrons. The molecule has 0 fully saturated rings. The summed E-state index contributed by atoms with van der Waals surface area (Å²) in [7, 11) is 1.57. The molecule has 0 aliphatic carbocycles. The first-order chi connectivity index (χ1) is 14.5. The highest BCUT2D eigenvalue weighted by atomic mass is 35.5. The second kappa shape index (κ2) is 9.71. The van der Waals surface area contributed by atoms with Gasteiger partial charge in [-0.15, -0.1) is 0 Å². The number of rotatable bonds is 6. The molecular formula is C23H20ClN3O3. The van der Waals surface area contributed by atoms with E-state index in [1.165, 1.54) is 0 Å². The fourth-order valence-electron chi connectivity index (χ4n) is 2.66. The van der Waals surface area contributed by atoms with Crippen molar-refractivity contribution in [3.63, 3.8) is 0 Å². The number of hydrogen-bond acceptors (Lipinski definition) is 4. The van der Waals surface area contributed by atoms with Crippen LogP contribution in [0.25, 0.3) is 0 Å². The lowest BCUT2D eigenvalue weighted by atomic mass is 10.1. The van der Waals surface area contributed by atoms with E-state index in [1.54, 1.807) is 80.8 Å². The molecule has 2 N–H and O–H groups in total. The van der Waals surface area contributed by atoms with Crippen molar-refractivity contribution in [3.05, 3.63) is 94.5 Å². The van der Waals surface area contributed by atoms with E-state index in [-0.39, 0.29) is 11.8 Å². The third-order valence-electron chi connectivity index (χ3n) is 4.30. The second-order valence-corrected chi connectivity index (χ2v) is 6.85. The number of amides is 2. The summed E-state index contributed by atoms with van der Waals surface area (Å²) in [5, 5.41) is 7.47. The second-order valence-electron chi connectivity index (χ2n) is 6.41. The summed E-state index contributed by atoms with van der Waals surface area (Å²) >= 11 is 5.91. The van der Waals surface area contributed by atoms with Crippen LogP contribution in [0.1, 0.15) is 33.2 Å². The van der Waals surface area contributed by atoms with Crippen LogP contribution in [-0.2, 0) is 0 Å². The molecule has 0 atom stereocenters. The molecule has 0 unspecified atom stereocenters. The first-order valence-electron chi connectivity index (χ1n) is 9.12. The molecule has 152 valence electrons. The first-order valence-corrected chi connectivity index (χ1v) is 9.50. The number of methoxy groups -OCH3 is 1. The number of halogens is 1. The highest BCUT2D eigenvalue weighted by Crippen LogP contribution is 2.16. The Hall–Kier alpha value is -3.64. The molecule has 0 aliphatic heterocycles. The number of carbonyl (C=O) groups excluding carboxylic acids is 2. The van der Waals surface area contributed by atoms with Crippen molar-refractivity contribution in [1.29, 1.82) is 0 Å². The van der Waals surface area contributed by atoms with Gasteiger partial charge < -0.3 is 10.1 Å². The van der Waals surface area contributed by atoms with Crippen molar-refractivity contribution in [2.24, 2.45) is 5.10 Å². The number of nitrogens with one attached hydrogen (secondary N) is 2. The molecule has 0 aromatic heterocycles. The predicted molar refractivity (Wildman–Crippen MR) is 119 cm³/mol. The van der Waals surface area contributed by atoms with Gasteiger partial charge in [0.2, 0.25) is 0 Å². The van der Waals surface area contributed by atoms with Gasteiger partial charge in [0.25, 0.3) is 11.8 Å². The van der Waals surface area contributed by atoms with Crippen molar-refractivity contribution in [2.45, 2.75) is 6.92 Å². The maximum Gasteiger partial charge on any atom is 0.271 e. The number of benzene rings is 3. The lowest BCUT2D eigenvalue weighted by molar-refractivity contribution is 0.0954. The van der Waals surface area contributed by atoms with Gasteiger partial charge in [-0.1, -0.05) is 29.8 Å². The van der Waals surface area contributed by atoms with Gasteiger partial charge in [0, 0.05) is 21.8 Å². The zero-order valence-corrected chi connectivity index (χ0v) is 17.2. The summed E-state index contributed by atoms with van der Waals surface area (Å²) in [4.78, 5) is 24.6. The summed E-state index contributed by atoms with van der Waals surface area (Å²) in [6.07, 6.45) is 0. The van der Waals surface area contributed by atoms with Crippen LogP contribution >= 0.6 is 11.6 Å². The lowest BCUT2D eigenvalue weighted by Crippen LogP contribution is -2.19. The third kappa shape index (κ3) is 5.46. The van der Waals surface area contributed by atoms with Crippen LogP contribution in [0.4, 0.5) is 5.69 Å². The highest BCUT2D eigenvalue weighted by Gasteiger charge is 2.08. The van der Waals surface area contributed by atoms with Gasteiger partial charge in [0.15, 0.2) is 0 Å². The molecule has 2 amide bonds. The minimum atomic E-state index is -0.360. The molecule has 30 heavy (non-hydrogen) atoms. The molecule has 7 heteroatoms. The van der Waals surface area contributed by atoms with Gasteiger partial charge in [-0.2, -0.15) is 5.10 Å². The Morgan fingerprint density at radius 1 is 0.867 bits per heavy atom. The number of nitrogens with zero attached hydrogens (tertiary/aromatic N) is 1. The van der Waals surface area contributed by atoms with Gasteiger partial charge in [-0.05, 0) is 67.1 Å². The monoisotopic (exact) mass is 421 g/mol. The van der Waals surface area contributed by atoms with Crippen LogP contribution in [0.15, 0.2) is 77.9 Å². The normalized spacial score (nSPS) is 11.0. The van der Waals surface area contributed by atoms with Crippen molar-refractivity contribution in [3.8, 4) is 5.75 Å². The van der Waals surface area contributed by atoms with E-state index in [1.807, 2.05) is 6.07 Å². The van der Waals surface area contributed by atoms with E-state index < -0.39 is 0 Å². The van der Waals surface area contributed by atoms with Crippen molar-refractivity contribution in [2.75, 3.05) is 12.4 Å². The van der Waals surface area contributed by atoms with E-state index in [9.17, 15) is 9.59 Å². The highest BCUT2D eigenvalue weighted by molar-refractivity contribution is 6.31. The number of hydrazone groups is 1. The van der Waals surface area contributed by atoms with Gasteiger partial charge in [0.1, 0.15) is 5.75 Å². The molecule has 0 aliphatic rings. The van der Waals surface area contributed by atoms with Crippen LogP contribution < -0.4 is 15.5 Å².